The van der Waals surface area contributed by atoms with Crippen LogP contribution in [0, 0.1) is 0 Å². The lowest BCUT2D eigenvalue weighted by Gasteiger charge is -2.12. The number of halogens is 2. The highest BCUT2D eigenvalue weighted by Crippen LogP contribution is 2.21. The molecular formula is C21H16F2N2O3. The number of ether oxygens (including phenoxy) is 1. The second-order valence-electron chi connectivity index (χ2n) is 5.72. The number of anilines is 2. The molecule has 0 aliphatic carbocycles. The number of hydrogen-bond donors (Lipinski definition) is 2. The first-order valence-electron chi connectivity index (χ1n) is 8.34. The van der Waals surface area contributed by atoms with E-state index in [1.165, 1.54) is 24.3 Å². The van der Waals surface area contributed by atoms with Crippen molar-refractivity contribution in [3.05, 3.63) is 90.0 Å². The van der Waals surface area contributed by atoms with Crippen LogP contribution in [0.15, 0.2) is 78.9 Å². The molecular weight excluding hydrogens is 366 g/mol. The smallest absolute Gasteiger partial charge is 0.387 e. The summed E-state index contributed by atoms with van der Waals surface area (Å²) in [7, 11) is 0. The van der Waals surface area contributed by atoms with Crippen molar-refractivity contribution >= 4 is 23.2 Å². The fourth-order valence-electron chi connectivity index (χ4n) is 2.49. The number of benzene rings is 3. The molecule has 0 radical (unpaired) electrons. The average molecular weight is 382 g/mol. The number of carbonyl (C=O) groups is 2. The molecule has 7 heteroatoms. The molecule has 0 spiro atoms. The Morgan fingerprint density at radius 2 is 1.39 bits per heavy atom. The van der Waals surface area contributed by atoms with E-state index in [9.17, 15) is 18.4 Å². The third kappa shape index (κ3) is 4.91. The molecule has 0 heterocycles. The number of hydrogen-bond acceptors (Lipinski definition) is 3. The van der Waals surface area contributed by atoms with Gasteiger partial charge in [0.15, 0.2) is 0 Å². The Labute approximate surface area is 160 Å². The van der Waals surface area contributed by atoms with Gasteiger partial charge < -0.3 is 15.4 Å². The first-order chi connectivity index (χ1) is 13.5. The second kappa shape index (κ2) is 8.77. The zero-order valence-electron chi connectivity index (χ0n) is 14.6. The third-order valence-electron chi connectivity index (χ3n) is 3.79. The molecule has 0 bridgehead atoms. The summed E-state index contributed by atoms with van der Waals surface area (Å²) in [6, 6.07) is 20.7. The van der Waals surface area contributed by atoms with Gasteiger partial charge in [-0.3, -0.25) is 9.59 Å². The van der Waals surface area contributed by atoms with Gasteiger partial charge >= 0.3 is 6.61 Å². The highest BCUT2D eigenvalue weighted by Gasteiger charge is 2.14. The number of amides is 2. The van der Waals surface area contributed by atoms with Crippen LogP contribution in [0.3, 0.4) is 0 Å². The van der Waals surface area contributed by atoms with Gasteiger partial charge in [-0.05, 0) is 48.5 Å². The predicted octanol–water partition coefficient (Wildman–Crippen LogP) is 4.79. The Hall–Kier alpha value is -3.74. The minimum Gasteiger partial charge on any atom is -0.435 e. The Bertz CT molecular complexity index is 961. The first kappa shape index (κ1) is 19.0. The van der Waals surface area contributed by atoms with Crippen LogP contribution in [-0.2, 0) is 0 Å². The predicted molar refractivity (Wildman–Crippen MR) is 102 cm³/mol. The molecule has 0 atom stereocenters. The lowest BCUT2D eigenvalue weighted by atomic mass is 10.1. The monoisotopic (exact) mass is 382 g/mol. The summed E-state index contributed by atoms with van der Waals surface area (Å²) >= 11 is 0. The van der Waals surface area contributed by atoms with Crippen molar-refractivity contribution in [2.24, 2.45) is 0 Å². The van der Waals surface area contributed by atoms with Gasteiger partial charge in [-0.25, -0.2) is 0 Å². The maximum Gasteiger partial charge on any atom is 0.387 e. The fourth-order valence-corrected chi connectivity index (χ4v) is 2.49. The van der Waals surface area contributed by atoms with Crippen LogP contribution >= 0.6 is 0 Å². The first-order valence-corrected chi connectivity index (χ1v) is 8.34. The van der Waals surface area contributed by atoms with Gasteiger partial charge in [-0.15, -0.1) is 0 Å². The van der Waals surface area contributed by atoms with Crippen molar-refractivity contribution in [2.45, 2.75) is 6.61 Å². The second-order valence-corrected chi connectivity index (χ2v) is 5.72. The Balaban J connectivity index is 1.73. The maximum absolute atomic E-state index is 12.6. The van der Waals surface area contributed by atoms with Crippen LogP contribution in [-0.4, -0.2) is 18.4 Å². The van der Waals surface area contributed by atoms with Gasteiger partial charge in [0.1, 0.15) is 5.75 Å². The van der Waals surface area contributed by atoms with E-state index in [4.69, 9.17) is 0 Å². The molecule has 142 valence electrons. The molecule has 0 saturated heterocycles. The van der Waals surface area contributed by atoms with Gasteiger partial charge in [-0.1, -0.05) is 30.3 Å². The summed E-state index contributed by atoms with van der Waals surface area (Å²) in [5.41, 5.74) is 1.48. The van der Waals surface area contributed by atoms with Crippen molar-refractivity contribution < 1.29 is 23.1 Å². The van der Waals surface area contributed by atoms with E-state index in [-0.39, 0.29) is 17.2 Å². The van der Waals surface area contributed by atoms with Gasteiger partial charge in [-0.2, -0.15) is 8.78 Å². The topological polar surface area (TPSA) is 67.4 Å². The molecule has 2 N–H and O–H groups in total. The largest absolute Gasteiger partial charge is 0.435 e. The van der Waals surface area contributed by atoms with Gasteiger partial charge in [0.25, 0.3) is 11.8 Å². The Morgan fingerprint density at radius 3 is 2.07 bits per heavy atom. The lowest BCUT2D eigenvalue weighted by molar-refractivity contribution is -0.0498. The number of alkyl halides is 2. The lowest BCUT2D eigenvalue weighted by Crippen LogP contribution is -2.18. The molecule has 3 aromatic rings. The molecule has 28 heavy (non-hydrogen) atoms. The van der Waals surface area contributed by atoms with Crippen molar-refractivity contribution in [3.63, 3.8) is 0 Å². The summed E-state index contributed by atoms with van der Waals surface area (Å²) in [6.07, 6.45) is 0. The van der Waals surface area contributed by atoms with E-state index in [1.54, 1.807) is 54.6 Å². The number of rotatable bonds is 6. The Kier molecular flexibility index (Phi) is 5.96. The zero-order valence-corrected chi connectivity index (χ0v) is 14.6. The highest BCUT2D eigenvalue weighted by molar-refractivity contribution is 6.12. The van der Waals surface area contributed by atoms with E-state index in [0.717, 1.165) is 0 Å². The van der Waals surface area contributed by atoms with Crippen LogP contribution in [0.5, 0.6) is 5.75 Å². The van der Waals surface area contributed by atoms with Crippen LogP contribution in [0.4, 0.5) is 20.2 Å². The van der Waals surface area contributed by atoms with E-state index in [1.807, 2.05) is 0 Å². The fraction of sp³-hybridized carbons (Fsp3) is 0.0476. The Morgan fingerprint density at radius 1 is 0.750 bits per heavy atom. The van der Waals surface area contributed by atoms with E-state index < -0.39 is 12.5 Å². The van der Waals surface area contributed by atoms with Crippen LogP contribution in [0.2, 0.25) is 0 Å². The van der Waals surface area contributed by atoms with E-state index in [0.29, 0.717) is 16.9 Å². The zero-order chi connectivity index (χ0) is 19.9. The van der Waals surface area contributed by atoms with Crippen LogP contribution in [0.1, 0.15) is 20.7 Å². The third-order valence-corrected chi connectivity index (χ3v) is 3.79. The summed E-state index contributed by atoms with van der Waals surface area (Å²) in [5.74, 6) is -0.802. The van der Waals surface area contributed by atoms with Crippen molar-refractivity contribution in [1.29, 1.82) is 0 Å². The van der Waals surface area contributed by atoms with Crippen LogP contribution < -0.4 is 15.4 Å². The summed E-state index contributed by atoms with van der Waals surface area (Å²) in [4.78, 5) is 25.0. The highest BCUT2D eigenvalue weighted by atomic mass is 19.3. The normalized spacial score (nSPS) is 10.4. The molecule has 0 saturated carbocycles. The van der Waals surface area contributed by atoms with Crippen molar-refractivity contribution in [3.8, 4) is 5.75 Å². The number of carbonyl (C=O) groups excluding carboxylic acids is 2. The summed E-state index contributed by atoms with van der Waals surface area (Å²) in [5, 5.41) is 5.38. The molecule has 0 unspecified atom stereocenters. The molecule has 0 aliphatic rings. The summed E-state index contributed by atoms with van der Waals surface area (Å²) in [6.45, 7) is -2.92. The SMILES string of the molecule is O=C(Nc1ccccc1C(=O)Nc1ccc(OC(F)F)cc1)c1ccccc1. The molecule has 3 aromatic carbocycles. The van der Waals surface area contributed by atoms with Gasteiger partial charge in [0, 0.05) is 11.3 Å². The molecule has 2 amide bonds. The van der Waals surface area contributed by atoms with Crippen molar-refractivity contribution in [1.82, 2.24) is 0 Å². The molecule has 3 rings (SSSR count). The minimum atomic E-state index is -2.92. The number of nitrogens with one attached hydrogen (secondary N) is 2. The maximum atomic E-state index is 12.6. The number of para-hydroxylation sites is 1. The van der Waals surface area contributed by atoms with Crippen LogP contribution in [0.25, 0.3) is 0 Å². The quantitative estimate of drug-likeness (QED) is 0.644. The standard InChI is InChI=1S/C21H16F2N2O3/c22-21(23)28-16-12-10-15(11-13-16)24-20(27)17-8-4-5-9-18(17)25-19(26)14-6-2-1-3-7-14/h1-13,21H,(H,24,27)(H,25,26). The molecule has 0 aromatic heterocycles. The molecule has 0 fully saturated rings. The summed E-state index contributed by atoms with van der Waals surface area (Å²) < 4.78 is 28.7. The van der Waals surface area contributed by atoms with E-state index in [2.05, 4.69) is 15.4 Å². The van der Waals surface area contributed by atoms with E-state index >= 15 is 0 Å². The van der Waals surface area contributed by atoms with Gasteiger partial charge in [0.05, 0.1) is 11.3 Å². The molecule has 5 nitrogen and oxygen atoms in total. The van der Waals surface area contributed by atoms with Crippen molar-refractivity contribution in [2.75, 3.05) is 10.6 Å². The van der Waals surface area contributed by atoms with Gasteiger partial charge in [0.2, 0.25) is 0 Å². The molecule has 0 aliphatic heterocycles. The average Bonchev–Trinajstić information content (AvgIpc) is 2.70. The minimum absolute atomic E-state index is 0.0106.